The molecule has 0 aliphatic rings. The van der Waals surface area contributed by atoms with E-state index in [2.05, 4.69) is 16.0 Å². The van der Waals surface area contributed by atoms with Crippen LogP contribution >= 0.6 is 0 Å². The van der Waals surface area contributed by atoms with E-state index in [9.17, 15) is 19.2 Å². The van der Waals surface area contributed by atoms with Crippen LogP contribution in [-0.2, 0) is 38.6 Å². The van der Waals surface area contributed by atoms with Crippen LogP contribution in [0.15, 0.2) is 91.0 Å². The number of hydrogen-bond acceptors (Lipinski definition) is 5. The molecule has 0 aliphatic heterocycles. The van der Waals surface area contributed by atoms with Crippen molar-refractivity contribution in [2.45, 2.75) is 51.8 Å². The lowest BCUT2D eigenvalue weighted by molar-refractivity contribution is -0.140. The molecule has 3 aromatic carbocycles. The topological polar surface area (TPSA) is 114 Å². The lowest BCUT2D eigenvalue weighted by Gasteiger charge is -2.23. The molecule has 2 atom stereocenters. The lowest BCUT2D eigenvalue weighted by atomic mass is 9.99. The molecular weight excluding hydrogens is 506 g/mol. The molecule has 3 N–H and O–H groups in total. The van der Waals surface area contributed by atoms with Crippen LogP contribution in [0.2, 0.25) is 0 Å². The molecule has 0 aromatic heterocycles. The average Bonchev–Trinajstić information content (AvgIpc) is 2.96. The van der Waals surface area contributed by atoms with Crippen molar-refractivity contribution in [3.63, 3.8) is 0 Å². The number of carbonyl (C=O) groups excluding carboxylic acids is 4. The van der Waals surface area contributed by atoms with E-state index in [0.29, 0.717) is 12.8 Å². The van der Waals surface area contributed by atoms with Crippen molar-refractivity contribution in [3.8, 4) is 0 Å². The van der Waals surface area contributed by atoms with E-state index in [1.165, 1.54) is 0 Å². The van der Waals surface area contributed by atoms with Gasteiger partial charge in [-0.2, -0.15) is 0 Å². The van der Waals surface area contributed by atoms with Crippen molar-refractivity contribution in [1.82, 2.24) is 16.0 Å². The Bertz CT molecular complexity index is 1230. The first kappa shape index (κ1) is 30.1. The first-order chi connectivity index (χ1) is 19.3. The number of benzene rings is 3. The van der Waals surface area contributed by atoms with E-state index in [4.69, 9.17) is 4.74 Å². The van der Waals surface area contributed by atoms with Gasteiger partial charge in [0.2, 0.25) is 11.7 Å². The molecule has 0 unspecified atom stereocenters. The SMILES string of the molecule is CC(C)C[C@H](NC(=O)OCc1ccccc1)C(=O)N[C@@H](Cc1ccccc1)C(=O)C(=O)NCCc1ccccc1. The van der Waals surface area contributed by atoms with Crippen molar-refractivity contribution in [3.05, 3.63) is 108 Å². The second kappa shape index (κ2) is 15.8. The summed E-state index contributed by atoms with van der Waals surface area (Å²) in [6.07, 6.45) is 0.280. The van der Waals surface area contributed by atoms with E-state index in [-0.39, 0.29) is 25.5 Å². The Kier molecular flexibility index (Phi) is 11.9. The largest absolute Gasteiger partial charge is 0.445 e. The Labute approximate surface area is 235 Å². The van der Waals surface area contributed by atoms with Gasteiger partial charge in [0.1, 0.15) is 18.7 Å². The molecule has 210 valence electrons. The van der Waals surface area contributed by atoms with Gasteiger partial charge in [-0.25, -0.2) is 4.79 Å². The minimum absolute atomic E-state index is 0.0565. The van der Waals surface area contributed by atoms with Crippen molar-refractivity contribution in [2.75, 3.05) is 6.54 Å². The molecule has 3 rings (SSSR count). The maximum Gasteiger partial charge on any atom is 0.408 e. The molecule has 0 fully saturated rings. The monoisotopic (exact) mass is 543 g/mol. The van der Waals surface area contributed by atoms with E-state index in [1.54, 1.807) is 0 Å². The standard InChI is InChI=1S/C32H37N3O5/c1-23(2)20-28(35-32(39)40-22-26-16-10-5-11-17-26)30(37)34-27(21-25-14-8-4-9-15-25)29(36)31(38)33-19-18-24-12-6-3-7-13-24/h3-17,23,27-28H,18-22H2,1-2H3,(H,33,38)(H,34,37)(H,35,39)/t27-,28-/m0/s1. The van der Waals surface area contributed by atoms with Crippen molar-refractivity contribution in [2.24, 2.45) is 5.92 Å². The van der Waals surface area contributed by atoms with Gasteiger partial charge in [-0.1, -0.05) is 105 Å². The summed E-state index contributed by atoms with van der Waals surface area (Å²) in [5.74, 6) is -2.01. The van der Waals surface area contributed by atoms with Gasteiger partial charge in [0.15, 0.2) is 0 Å². The summed E-state index contributed by atoms with van der Waals surface area (Å²) in [4.78, 5) is 51.9. The highest BCUT2D eigenvalue weighted by molar-refractivity contribution is 6.38. The summed E-state index contributed by atoms with van der Waals surface area (Å²) in [6, 6.07) is 25.9. The fourth-order valence-electron chi connectivity index (χ4n) is 4.15. The minimum Gasteiger partial charge on any atom is -0.445 e. The van der Waals surface area contributed by atoms with Crippen LogP contribution in [0, 0.1) is 5.92 Å². The molecule has 0 spiro atoms. The van der Waals surface area contributed by atoms with Crippen LogP contribution < -0.4 is 16.0 Å². The number of alkyl carbamates (subject to hydrolysis) is 1. The molecular formula is C32H37N3O5. The van der Waals surface area contributed by atoms with E-state index in [0.717, 1.165) is 16.7 Å². The number of carbonyl (C=O) groups is 4. The Morgan fingerprint density at radius 2 is 1.25 bits per heavy atom. The van der Waals surface area contributed by atoms with Crippen LogP contribution in [0.4, 0.5) is 4.79 Å². The van der Waals surface area contributed by atoms with Gasteiger partial charge in [0.05, 0.1) is 0 Å². The molecule has 0 radical (unpaired) electrons. The van der Waals surface area contributed by atoms with Gasteiger partial charge >= 0.3 is 6.09 Å². The van der Waals surface area contributed by atoms with Crippen LogP contribution in [0.25, 0.3) is 0 Å². The zero-order valence-corrected chi connectivity index (χ0v) is 23.0. The summed E-state index contributed by atoms with van der Waals surface area (Å²) >= 11 is 0. The number of amides is 3. The molecule has 0 bridgehead atoms. The van der Waals surface area contributed by atoms with Gasteiger partial charge in [-0.05, 0) is 35.4 Å². The van der Waals surface area contributed by atoms with Crippen LogP contribution in [-0.4, -0.2) is 42.3 Å². The summed E-state index contributed by atoms with van der Waals surface area (Å²) in [5.41, 5.74) is 2.63. The van der Waals surface area contributed by atoms with Crippen molar-refractivity contribution >= 4 is 23.7 Å². The predicted molar refractivity (Wildman–Crippen MR) is 153 cm³/mol. The highest BCUT2D eigenvalue weighted by atomic mass is 16.5. The normalized spacial score (nSPS) is 12.2. The Morgan fingerprint density at radius 1 is 0.700 bits per heavy atom. The molecule has 8 heteroatoms. The fraction of sp³-hybridized carbons (Fsp3) is 0.312. The highest BCUT2D eigenvalue weighted by Crippen LogP contribution is 2.10. The minimum atomic E-state index is -1.11. The van der Waals surface area contributed by atoms with Crippen molar-refractivity contribution in [1.29, 1.82) is 0 Å². The third-order valence-corrected chi connectivity index (χ3v) is 6.21. The van der Waals surface area contributed by atoms with E-state index in [1.807, 2.05) is 105 Å². The molecule has 8 nitrogen and oxygen atoms in total. The first-order valence-electron chi connectivity index (χ1n) is 13.5. The number of ketones is 1. The fourth-order valence-corrected chi connectivity index (χ4v) is 4.15. The quantitative estimate of drug-likeness (QED) is 0.266. The average molecular weight is 544 g/mol. The Hall–Kier alpha value is -4.46. The van der Waals surface area contributed by atoms with Gasteiger partial charge < -0.3 is 20.7 Å². The van der Waals surface area contributed by atoms with E-state index >= 15 is 0 Å². The third-order valence-electron chi connectivity index (χ3n) is 6.21. The zero-order valence-electron chi connectivity index (χ0n) is 23.0. The molecule has 0 aliphatic carbocycles. The van der Waals surface area contributed by atoms with Crippen LogP contribution in [0.1, 0.15) is 37.0 Å². The Balaban J connectivity index is 1.65. The maximum atomic E-state index is 13.3. The number of ether oxygens (including phenoxy) is 1. The molecule has 3 amide bonds. The molecule has 0 saturated heterocycles. The number of hydrogen-bond donors (Lipinski definition) is 3. The van der Waals surface area contributed by atoms with Crippen molar-refractivity contribution < 1.29 is 23.9 Å². The Morgan fingerprint density at radius 3 is 1.82 bits per heavy atom. The van der Waals surface area contributed by atoms with E-state index < -0.39 is 35.8 Å². The predicted octanol–water partition coefficient (Wildman–Crippen LogP) is 3.98. The van der Waals surface area contributed by atoms with Gasteiger partial charge in [-0.3, -0.25) is 14.4 Å². The number of Topliss-reactive ketones (excluding diaryl/α,β-unsaturated/α-hetero) is 1. The summed E-state index contributed by atoms with van der Waals surface area (Å²) in [6.45, 7) is 4.18. The highest BCUT2D eigenvalue weighted by Gasteiger charge is 2.31. The van der Waals surface area contributed by atoms with Crippen LogP contribution in [0.3, 0.4) is 0 Å². The molecule has 40 heavy (non-hydrogen) atoms. The van der Waals surface area contributed by atoms with Crippen LogP contribution in [0.5, 0.6) is 0 Å². The van der Waals surface area contributed by atoms with Gasteiger partial charge in [-0.15, -0.1) is 0 Å². The zero-order chi connectivity index (χ0) is 28.7. The second-order valence-corrected chi connectivity index (χ2v) is 9.99. The third kappa shape index (κ3) is 10.4. The number of nitrogens with one attached hydrogen (secondary N) is 3. The smallest absolute Gasteiger partial charge is 0.408 e. The summed E-state index contributed by atoms with van der Waals surface area (Å²) in [5, 5.41) is 8.01. The molecule has 3 aromatic rings. The second-order valence-electron chi connectivity index (χ2n) is 9.99. The molecule has 0 heterocycles. The number of rotatable bonds is 14. The lowest BCUT2D eigenvalue weighted by Crippen LogP contribution is -2.55. The first-order valence-corrected chi connectivity index (χ1v) is 13.5. The summed E-state index contributed by atoms with van der Waals surface area (Å²) < 4.78 is 5.30. The molecule has 0 saturated carbocycles. The summed E-state index contributed by atoms with van der Waals surface area (Å²) in [7, 11) is 0. The maximum absolute atomic E-state index is 13.3. The van der Waals surface area contributed by atoms with Gasteiger partial charge in [0, 0.05) is 13.0 Å². The van der Waals surface area contributed by atoms with Gasteiger partial charge in [0.25, 0.3) is 5.91 Å².